The fraction of sp³-hybridized carbons (Fsp3) is 0.182. The van der Waals surface area contributed by atoms with Crippen LogP contribution in [0.3, 0.4) is 0 Å². The summed E-state index contributed by atoms with van der Waals surface area (Å²) in [5.74, 6) is 0. The average Bonchev–Trinajstić information content (AvgIpc) is 2.56. The Hall–Kier alpha value is -2.18. The van der Waals surface area contributed by atoms with Gasteiger partial charge >= 0.3 is 6.18 Å². The second-order valence-corrected chi connectivity index (χ2v) is 3.84. The fourth-order valence-corrected chi connectivity index (χ4v) is 1.54. The Kier molecular flexibility index (Phi) is 2.68. The van der Waals surface area contributed by atoms with Gasteiger partial charge in [-0.2, -0.15) is 13.2 Å². The Labute approximate surface area is 99.8 Å². The molecule has 3 N–H and O–H groups in total. The number of H-pyrrole nitrogens is 1. The molecule has 0 aliphatic rings. The first-order valence-corrected chi connectivity index (χ1v) is 5.05. The number of nitrogens with two attached hydrogens (primary N) is 1. The van der Waals surface area contributed by atoms with Gasteiger partial charge < -0.3 is 5.73 Å². The van der Waals surface area contributed by atoms with Crippen LogP contribution in [-0.4, -0.2) is 9.78 Å². The second-order valence-electron chi connectivity index (χ2n) is 3.84. The summed E-state index contributed by atoms with van der Waals surface area (Å²) in [6.45, 7) is 1.61. The molecule has 18 heavy (non-hydrogen) atoms. The molecule has 0 saturated heterocycles. The molecule has 7 heteroatoms. The van der Waals surface area contributed by atoms with Crippen molar-refractivity contribution in [3.63, 3.8) is 0 Å². The van der Waals surface area contributed by atoms with E-state index in [0.29, 0.717) is 11.4 Å². The van der Waals surface area contributed by atoms with Gasteiger partial charge in [0.15, 0.2) is 0 Å². The van der Waals surface area contributed by atoms with E-state index in [9.17, 15) is 18.0 Å². The van der Waals surface area contributed by atoms with Crippen LogP contribution in [0.15, 0.2) is 29.1 Å². The van der Waals surface area contributed by atoms with Gasteiger partial charge in [-0.3, -0.25) is 9.89 Å². The number of aromatic nitrogens is 2. The third-order valence-corrected chi connectivity index (χ3v) is 2.57. The number of nitrogen functional groups attached to an aromatic ring is 1. The van der Waals surface area contributed by atoms with Gasteiger partial charge in [-0.15, -0.1) is 0 Å². The van der Waals surface area contributed by atoms with Gasteiger partial charge in [-0.05, 0) is 31.2 Å². The van der Waals surface area contributed by atoms with E-state index < -0.39 is 17.3 Å². The molecular formula is C11H10F3N3O. The zero-order valence-electron chi connectivity index (χ0n) is 9.38. The number of benzene rings is 1. The molecule has 0 amide bonds. The van der Waals surface area contributed by atoms with Crippen molar-refractivity contribution in [3.8, 4) is 5.69 Å². The number of alkyl halides is 3. The van der Waals surface area contributed by atoms with Crippen molar-refractivity contribution in [1.82, 2.24) is 9.78 Å². The molecule has 1 aromatic heterocycles. The van der Waals surface area contributed by atoms with Crippen molar-refractivity contribution in [3.05, 3.63) is 45.9 Å². The molecule has 1 heterocycles. The molecule has 1 aromatic carbocycles. The molecule has 0 aliphatic carbocycles. The Bertz CT molecular complexity index is 622. The standard InChI is InChI=1S/C11H10F3N3O/c1-6-9(15)10(18)17(16-6)8-4-2-7(3-5-8)11(12,13)14/h2-5,16H,15H2,1H3. The summed E-state index contributed by atoms with van der Waals surface area (Å²) in [4.78, 5) is 11.7. The van der Waals surface area contributed by atoms with Gasteiger partial charge in [0.05, 0.1) is 16.9 Å². The highest BCUT2D eigenvalue weighted by molar-refractivity contribution is 5.44. The van der Waals surface area contributed by atoms with Crippen molar-refractivity contribution in [2.75, 3.05) is 5.73 Å². The molecule has 96 valence electrons. The normalized spacial score (nSPS) is 11.8. The van der Waals surface area contributed by atoms with Crippen molar-refractivity contribution < 1.29 is 13.2 Å². The number of aryl methyl sites for hydroxylation is 1. The van der Waals surface area contributed by atoms with Crippen molar-refractivity contribution >= 4 is 5.69 Å². The van der Waals surface area contributed by atoms with Gasteiger partial charge in [0.2, 0.25) is 0 Å². The van der Waals surface area contributed by atoms with Gasteiger partial charge in [0, 0.05) is 0 Å². The van der Waals surface area contributed by atoms with Crippen LogP contribution < -0.4 is 11.3 Å². The van der Waals surface area contributed by atoms with Crippen molar-refractivity contribution in [1.29, 1.82) is 0 Å². The number of halogens is 3. The molecule has 2 aromatic rings. The molecule has 4 nitrogen and oxygen atoms in total. The smallest absolute Gasteiger partial charge is 0.393 e. The summed E-state index contributed by atoms with van der Waals surface area (Å²) in [5, 5.41) is 2.69. The maximum absolute atomic E-state index is 12.4. The summed E-state index contributed by atoms with van der Waals surface area (Å²) in [7, 11) is 0. The SMILES string of the molecule is Cc1[nH]n(-c2ccc(C(F)(F)F)cc2)c(=O)c1N. The number of hydrogen-bond donors (Lipinski definition) is 2. The maximum Gasteiger partial charge on any atom is 0.416 e. The minimum atomic E-state index is -4.39. The topological polar surface area (TPSA) is 63.8 Å². The Morgan fingerprint density at radius 3 is 2.17 bits per heavy atom. The van der Waals surface area contributed by atoms with Crippen LogP contribution >= 0.6 is 0 Å². The number of anilines is 1. The number of hydrogen-bond acceptors (Lipinski definition) is 2. The van der Waals surface area contributed by atoms with E-state index in [2.05, 4.69) is 5.10 Å². The first-order valence-electron chi connectivity index (χ1n) is 5.05. The van der Waals surface area contributed by atoms with E-state index >= 15 is 0 Å². The zero-order chi connectivity index (χ0) is 13.5. The van der Waals surface area contributed by atoms with E-state index in [0.717, 1.165) is 16.8 Å². The van der Waals surface area contributed by atoms with Crippen molar-refractivity contribution in [2.24, 2.45) is 0 Å². The first-order chi connectivity index (χ1) is 8.30. The molecule has 0 bridgehead atoms. The van der Waals surface area contributed by atoms with Crippen LogP contribution in [0.25, 0.3) is 5.69 Å². The molecule has 0 atom stereocenters. The lowest BCUT2D eigenvalue weighted by Gasteiger charge is -2.07. The van der Waals surface area contributed by atoms with Gasteiger partial charge in [0.1, 0.15) is 5.69 Å². The van der Waals surface area contributed by atoms with Gasteiger partial charge in [-0.1, -0.05) is 0 Å². The number of nitrogens with one attached hydrogen (secondary N) is 1. The molecule has 0 fully saturated rings. The van der Waals surface area contributed by atoms with Crippen LogP contribution in [0.4, 0.5) is 18.9 Å². The van der Waals surface area contributed by atoms with E-state index in [1.165, 1.54) is 12.1 Å². The molecule has 0 spiro atoms. The maximum atomic E-state index is 12.4. The number of nitrogens with zero attached hydrogens (tertiary/aromatic N) is 1. The van der Waals surface area contributed by atoms with Crippen molar-refractivity contribution in [2.45, 2.75) is 13.1 Å². The van der Waals surface area contributed by atoms with Crippen LogP contribution in [0.2, 0.25) is 0 Å². The molecule has 0 radical (unpaired) electrons. The highest BCUT2D eigenvalue weighted by atomic mass is 19.4. The van der Waals surface area contributed by atoms with Gasteiger partial charge in [0.25, 0.3) is 5.56 Å². The fourth-order valence-electron chi connectivity index (χ4n) is 1.54. The summed E-state index contributed by atoms with van der Waals surface area (Å²) < 4.78 is 38.2. The Balaban J connectivity index is 2.47. The lowest BCUT2D eigenvalue weighted by Crippen LogP contribution is -2.17. The van der Waals surface area contributed by atoms with Gasteiger partial charge in [-0.25, -0.2) is 4.68 Å². The highest BCUT2D eigenvalue weighted by Gasteiger charge is 2.30. The Morgan fingerprint density at radius 1 is 1.22 bits per heavy atom. The third kappa shape index (κ3) is 1.99. The molecule has 0 saturated carbocycles. The summed E-state index contributed by atoms with van der Waals surface area (Å²) >= 11 is 0. The lowest BCUT2D eigenvalue weighted by atomic mass is 10.2. The quantitative estimate of drug-likeness (QED) is 0.821. The van der Waals surface area contributed by atoms with Crippen LogP contribution in [-0.2, 0) is 6.18 Å². The van der Waals surface area contributed by atoms with E-state index in [1.54, 1.807) is 6.92 Å². The lowest BCUT2D eigenvalue weighted by molar-refractivity contribution is -0.137. The van der Waals surface area contributed by atoms with Crippen LogP contribution in [0.5, 0.6) is 0 Å². The molecule has 0 unspecified atom stereocenters. The summed E-state index contributed by atoms with van der Waals surface area (Å²) in [6.07, 6.45) is -4.39. The minimum Gasteiger partial charge on any atom is -0.393 e. The van der Waals surface area contributed by atoms with Crippen LogP contribution in [0.1, 0.15) is 11.3 Å². The average molecular weight is 257 g/mol. The first kappa shape index (κ1) is 12.3. The van der Waals surface area contributed by atoms with Crippen LogP contribution in [0, 0.1) is 6.92 Å². The third-order valence-electron chi connectivity index (χ3n) is 2.57. The largest absolute Gasteiger partial charge is 0.416 e. The number of rotatable bonds is 1. The monoisotopic (exact) mass is 257 g/mol. The second kappa shape index (κ2) is 3.94. The minimum absolute atomic E-state index is 0.0508. The predicted octanol–water partition coefficient (Wildman–Crippen LogP) is 2.08. The highest BCUT2D eigenvalue weighted by Crippen LogP contribution is 2.29. The Morgan fingerprint density at radius 2 is 1.78 bits per heavy atom. The van der Waals surface area contributed by atoms with E-state index in [1.807, 2.05) is 0 Å². The number of aromatic amines is 1. The zero-order valence-corrected chi connectivity index (χ0v) is 9.38. The molecule has 0 aliphatic heterocycles. The predicted molar refractivity (Wildman–Crippen MR) is 60.5 cm³/mol. The van der Waals surface area contributed by atoms with E-state index in [4.69, 9.17) is 5.73 Å². The summed E-state index contributed by atoms with van der Waals surface area (Å²) in [5.41, 5.74) is 5.07. The van der Waals surface area contributed by atoms with E-state index in [-0.39, 0.29) is 5.69 Å². The summed E-state index contributed by atoms with van der Waals surface area (Å²) in [6, 6.07) is 4.24. The molecule has 2 rings (SSSR count). The molecular weight excluding hydrogens is 247 g/mol.